The van der Waals surface area contributed by atoms with E-state index < -0.39 is 5.97 Å². The third-order valence-electron chi connectivity index (χ3n) is 1.81. The third kappa shape index (κ3) is 2.09. The standard InChI is InChI=1S/C10H12O2/c1-7-3-4-9(5-7)6-8(2)10(11)12/h3,5-6H,4H2,1-2H3,(H,11,12). The highest BCUT2D eigenvalue weighted by atomic mass is 16.4. The summed E-state index contributed by atoms with van der Waals surface area (Å²) < 4.78 is 0. The first kappa shape index (κ1) is 8.78. The number of carboxylic acids is 1. The van der Waals surface area contributed by atoms with E-state index in [1.165, 1.54) is 5.57 Å². The van der Waals surface area contributed by atoms with Crippen molar-refractivity contribution in [3.05, 3.63) is 34.9 Å². The van der Waals surface area contributed by atoms with Crippen LogP contribution in [-0.4, -0.2) is 11.1 Å². The Balaban J connectivity index is 2.71. The van der Waals surface area contributed by atoms with Gasteiger partial charge in [-0.1, -0.05) is 17.7 Å². The van der Waals surface area contributed by atoms with Crippen LogP contribution in [0.25, 0.3) is 0 Å². The van der Waals surface area contributed by atoms with Crippen LogP contribution in [-0.2, 0) is 4.79 Å². The minimum absolute atomic E-state index is 0.393. The van der Waals surface area contributed by atoms with E-state index >= 15 is 0 Å². The minimum atomic E-state index is -0.847. The van der Waals surface area contributed by atoms with Crippen molar-refractivity contribution < 1.29 is 9.90 Å². The molecule has 0 saturated heterocycles. The van der Waals surface area contributed by atoms with Gasteiger partial charge in [-0.25, -0.2) is 4.79 Å². The monoisotopic (exact) mass is 164 g/mol. The molecule has 2 nitrogen and oxygen atoms in total. The molecule has 0 bridgehead atoms. The molecule has 12 heavy (non-hydrogen) atoms. The second-order valence-electron chi connectivity index (χ2n) is 3.00. The molecule has 0 aromatic heterocycles. The molecule has 0 fully saturated rings. The molecule has 0 spiro atoms. The maximum atomic E-state index is 10.5. The Morgan fingerprint density at radius 2 is 2.33 bits per heavy atom. The van der Waals surface area contributed by atoms with Crippen molar-refractivity contribution >= 4 is 5.97 Å². The number of rotatable bonds is 2. The van der Waals surface area contributed by atoms with Crippen molar-refractivity contribution in [3.8, 4) is 0 Å². The summed E-state index contributed by atoms with van der Waals surface area (Å²) in [5.41, 5.74) is 2.68. The molecule has 0 aliphatic heterocycles. The summed E-state index contributed by atoms with van der Waals surface area (Å²) in [6, 6.07) is 0. The normalized spacial score (nSPS) is 17.3. The zero-order valence-electron chi connectivity index (χ0n) is 7.29. The Kier molecular flexibility index (Phi) is 2.48. The quantitative estimate of drug-likeness (QED) is 0.636. The van der Waals surface area contributed by atoms with E-state index in [-0.39, 0.29) is 0 Å². The van der Waals surface area contributed by atoms with Crippen LogP contribution in [0.4, 0.5) is 0 Å². The molecule has 0 radical (unpaired) electrons. The summed E-state index contributed by atoms with van der Waals surface area (Å²) in [5, 5.41) is 8.60. The molecule has 1 aliphatic carbocycles. The van der Waals surface area contributed by atoms with Crippen LogP contribution in [0.3, 0.4) is 0 Å². The predicted molar refractivity (Wildman–Crippen MR) is 47.8 cm³/mol. The Hall–Kier alpha value is -1.31. The summed E-state index contributed by atoms with van der Waals surface area (Å²) in [6.07, 6.45) is 6.67. The SMILES string of the molecule is CC1=CCC(C=C(C)C(=O)O)=C1. The average Bonchev–Trinajstić information content (AvgIpc) is 2.35. The van der Waals surface area contributed by atoms with Crippen LogP contribution in [0, 0.1) is 0 Å². The highest BCUT2D eigenvalue weighted by Gasteiger charge is 2.04. The molecule has 0 amide bonds. The number of hydrogen-bond donors (Lipinski definition) is 1. The molecule has 0 heterocycles. The lowest BCUT2D eigenvalue weighted by atomic mass is 10.1. The van der Waals surface area contributed by atoms with Gasteiger partial charge in [0.05, 0.1) is 0 Å². The second-order valence-corrected chi connectivity index (χ2v) is 3.00. The lowest BCUT2D eigenvalue weighted by molar-refractivity contribution is -0.132. The maximum Gasteiger partial charge on any atom is 0.331 e. The van der Waals surface area contributed by atoms with Crippen LogP contribution in [0.5, 0.6) is 0 Å². The lowest BCUT2D eigenvalue weighted by Gasteiger charge is -1.93. The average molecular weight is 164 g/mol. The Bertz CT molecular complexity index is 293. The molecule has 0 aromatic rings. The van der Waals surface area contributed by atoms with Gasteiger partial charge in [0.25, 0.3) is 0 Å². The Labute approximate surface area is 71.9 Å². The minimum Gasteiger partial charge on any atom is -0.478 e. The van der Waals surface area contributed by atoms with E-state index in [0.29, 0.717) is 5.57 Å². The summed E-state index contributed by atoms with van der Waals surface area (Å²) in [7, 11) is 0. The first-order valence-electron chi connectivity index (χ1n) is 3.88. The number of aliphatic carboxylic acids is 1. The summed E-state index contributed by atoms with van der Waals surface area (Å²) >= 11 is 0. The summed E-state index contributed by atoms with van der Waals surface area (Å²) in [4.78, 5) is 10.5. The van der Waals surface area contributed by atoms with Gasteiger partial charge in [-0.05, 0) is 31.9 Å². The molecule has 1 aliphatic rings. The molecular weight excluding hydrogens is 152 g/mol. The highest BCUT2D eigenvalue weighted by molar-refractivity contribution is 5.86. The van der Waals surface area contributed by atoms with Gasteiger partial charge in [0, 0.05) is 5.57 Å². The zero-order chi connectivity index (χ0) is 9.14. The van der Waals surface area contributed by atoms with Gasteiger partial charge in [0.15, 0.2) is 0 Å². The van der Waals surface area contributed by atoms with Crippen molar-refractivity contribution in [3.63, 3.8) is 0 Å². The predicted octanol–water partition coefficient (Wildman–Crippen LogP) is 2.29. The van der Waals surface area contributed by atoms with Crippen LogP contribution in [0.15, 0.2) is 34.9 Å². The van der Waals surface area contributed by atoms with Crippen molar-refractivity contribution in [2.45, 2.75) is 20.3 Å². The van der Waals surface area contributed by atoms with E-state index in [9.17, 15) is 4.79 Å². The van der Waals surface area contributed by atoms with Gasteiger partial charge < -0.3 is 5.11 Å². The van der Waals surface area contributed by atoms with Gasteiger partial charge >= 0.3 is 5.97 Å². The molecule has 0 saturated carbocycles. The zero-order valence-corrected chi connectivity index (χ0v) is 7.29. The van der Waals surface area contributed by atoms with Crippen LogP contribution in [0.2, 0.25) is 0 Å². The van der Waals surface area contributed by atoms with E-state index in [4.69, 9.17) is 5.11 Å². The van der Waals surface area contributed by atoms with Crippen molar-refractivity contribution in [2.75, 3.05) is 0 Å². The van der Waals surface area contributed by atoms with Crippen molar-refractivity contribution in [1.29, 1.82) is 0 Å². The molecule has 0 atom stereocenters. The van der Waals surface area contributed by atoms with Crippen LogP contribution < -0.4 is 0 Å². The Morgan fingerprint density at radius 1 is 1.67 bits per heavy atom. The first-order valence-corrected chi connectivity index (χ1v) is 3.88. The fourth-order valence-electron chi connectivity index (χ4n) is 1.13. The Morgan fingerprint density at radius 3 is 2.75 bits per heavy atom. The third-order valence-corrected chi connectivity index (χ3v) is 1.81. The molecular formula is C10H12O2. The molecule has 2 heteroatoms. The van der Waals surface area contributed by atoms with Gasteiger partial charge in [-0.2, -0.15) is 0 Å². The number of carbonyl (C=O) groups is 1. The fraction of sp³-hybridized carbons (Fsp3) is 0.300. The largest absolute Gasteiger partial charge is 0.478 e. The topological polar surface area (TPSA) is 37.3 Å². The molecule has 0 unspecified atom stereocenters. The van der Waals surface area contributed by atoms with Crippen LogP contribution >= 0.6 is 0 Å². The van der Waals surface area contributed by atoms with E-state index in [2.05, 4.69) is 6.08 Å². The van der Waals surface area contributed by atoms with Gasteiger partial charge in [0.1, 0.15) is 0 Å². The molecule has 1 N–H and O–H groups in total. The number of hydrogen-bond acceptors (Lipinski definition) is 1. The molecule has 1 rings (SSSR count). The highest BCUT2D eigenvalue weighted by Crippen LogP contribution is 2.18. The second kappa shape index (κ2) is 3.39. The van der Waals surface area contributed by atoms with Gasteiger partial charge in [-0.3, -0.25) is 0 Å². The summed E-state index contributed by atoms with van der Waals surface area (Å²) in [5.74, 6) is -0.847. The molecule has 0 aromatic carbocycles. The smallest absolute Gasteiger partial charge is 0.331 e. The van der Waals surface area contributed by atoms with E-state index in [0.717, 1.165) is 12.0 Å². The summed E-state index contributed by atoms with van der Waals surface area (Å²) in [6.45, 7) is 3.62. The van der Waals surface area contributed by atoms with Crippen molar-refractivity contribution in [2.24, 2.45) is 0 Å². The molecule has 64 valence electrons. The van der Waals surface area contributed by atoms with Gasteiger partial charge in [0.2, 0.25) is 0 Å². The van der Waals surface area contributed by atoms with E-state index in [1.807, 2.05) is 13.0 Å². The van der Waals surface area contributed by atoms with Crippen LogP contribution in [0.1, 0.15) is 20.3 Å². The number of carboxylic acid groups (broad SMARTS) is 1. The van der Waals surface area contributed by atoms with Gasteiger partial charge in [-0.15, -0.1) is 0 Å². The van der Waals surface area contributed by atoms with Crippen molar-refractivity contribution in [1.82, 2.24) is 0 Å². The first-order chi connectivity index (χ1) is 5.59. The fourth-order valence-corrected chi connectivity index (χ4v) is 1.13. The van der Waals surface area contributed by atoms with E-state index in [1.54, 1.807) is 13.0 Å². The maximum absolute atomic E-state index is 10.5. The lowest BCUT2D eigenvalue weighted by Crippen LogP contribution is -1.95. The number of allylic oxidation sites excluding steroid dienone is 5.